The summed E-state index contributed by atoms with van der Waals surface area (Å²) in [4.78, 5) is 30.3. The number of pyridine rings is 1. The molecule has 0 radical (unpaired) electrons. The first-order valence-corrected chi connectivity index (χ1v) is 14.5. The largest absolute Gasteiger partial charge is 0.336 e. The van der Waals surface area contributed by atoms with Gasteiger partial charge in [-0.2, -0.15) is 0 Å². The second-order valence-electron chi connectivity index (χ2n) is 9.46. The number of carbonyl (C=O) groups excluding carboxylic acids is 1. The van der Waals surface area contributed by atoms with Gasteiger partial charge in [-0.3, -0.25) is 9.10 Å². The average Bonchev–Trinajstić information content (AvgIpc) is 2.89. The van der Waals surface area contributed by atoms with Crippen LogP contribution in [0.3, 0.4) is 0 Å². The molecule has 1 aliphatic heterocycles. The van der Waals surface area contributed by atoms with Gasteiger partial charge in [0.15, 0.2) is 0 Å². The third kappa shape index (κ3) is 6.58. The monoisotopic (exact) mass is 557 g/mol. The molecular weight excluding hydrogens is 526 g/mol. The minimum atomic E-state index is -3.45. The third-order valence-corrected chi connectivity index (χ3v) is 8.12. The number of carbonyl (C=O) groups is 1. The number of aryl methyl sites for hydroxylation is 3. The Bertz CT molecular complexity index is 1430. The molecular formula is C26H32ClN7O3S. The van der Waals surface area contributed by atoms with Gasteiger partial charge in [0.2, 0.25) is 16.0 Å². The van der Waals surface area contributed by atoms with E-state index in [1.807, 2.05) is 36.1 Å². The first-order valence-electron chi connectivity index (χ1n) is 12.3. The Kier molecular flexibility index (Phi) is 8.49. The van der Waals surface area contributed by atoms with Gasteiger partial charge in [-0.25, -0.2) is 23.4 Å². The second-order valence-corrected chi connectivity index (χ2v) is 11.9. The minimum absolute atomic E-state index is 0.00481. The Labute approximate surface area is 228 Å². The van der Waals surface area contributed by atoms with E-state index in [0.29, 0.717) is 54.0 Å². The molecule has 0 saturated carbocycles. The number of sulfonamides is 1. The summed E-state index contributed by atoms with van der Waals surface area (Å²) in [6.45, 7) is 5.07. The van der Waals surface area contributed by atoms with Crippen molar-refractivity contribution in [2.45, 2.75) is 19.8 Å². The number of hydrogen-bond acceptors (Lipinski definition) is 8. The zero-order valence-electron chi connectivity index (χ0n) is 22.0. The molecule has 0 atom stereocenters. The highest BCUT2D eigenvalue weighted by atomic mass is 35.5. The molecule has 3 aromatic rings. The Morgan fingerprint density at radius 2 is 1.87 bits per heavy atom. The molecule has 1 fully saturated rings. The van der Waals surface area contributed by atoms with Gasteiger partial charge in [0, 0.05) is 50.7 Å². The fourth-order valence-electron chi connectivity index (χ4n) is 4.16. The quantitative estimate of drug-likeness (QED) is 0.449. The van der Waals surface area contributed by atoms with Crippen molar-refractivity contribution >= 4 is 45.0 Å². The Hall–Kier alpha value is -3.28. The van der Waals surface area contributed by atoms with Crippen molar-refractivity contribution < 1.29 is 13.2 Å². The molecule has 0 spiro atoms. The van der Waals surface area contributed by atoms with Crippen LogP contribution >= 0.6 is 11.6 Å². The maximum atomic E-state index is 13.1. The molecule has 1 saturated heterocycles. The summed E-state index contributed by atoms with van der Waals surface area (Å²) in [6, 6.07) is 9.18. The van der Waals surface area contributed by atoms with Crippen LogP contribution in [0, 0.1) is 6.92 Å². The lowest BCUT2D eigenvalue weighted by Gasteiger charge is -2.32. The Balaban J connectivity index is 1.51. The van der Waals surface area contributed by atoms with Crippen LogP contribution in [0.5, 0.6) is 0 Å². The van der Waals surface area contributed by atoms with Gasteiger partial charge >= 0.3 is 0 Å². The number of benzene rings is 1. The predicted molar refractivity (Wildman–Crippen MR) is 150 cm³/mol. The van der Waals surface area contributed by atoms with Gasteiger partial charge in [-0.15, -0.1) is 0 Å². The SMILES string of the molecule is Cc1ccc(C(=O)N2CCN(C)CC2)cc1Nc1ncc(Cl)c(CCc2cccnc2N(C)S(C)(=O)=O)n1. The van der Waals surface area contributed by atoms with Crippen molar-refractivity contribution in [3.63, 3.8) is 0 Å². The molecule has 202 valence electrons. The smallest absolute Gasteiger partial charge is 0.254 e. The number of piperazine rings is 1. The predicted octanol–water partition coefficient (Wildman–Crippen LogP) is 3.15. The fraction of sp³-hybridized carbons (Fsp3) is 0.385. The first kappa shape index (κ1) is 27.7. The maximum Gasteiger partial charge on any atom is 0.254 e. The summed E-state index contributed by atoms with van der Waals surface area (Å²) in [5.41, 5.74) is 3.67. The van der Waals surface area contributed by atoms with Crippen LogP contribution in [-0.2, 0) is 22.9 Å². The number of halogens is 1. The summed E-state index contributed by atoms with van der Waals surface area (Å²) in [5.74, 6) is 0.734. The minimum Gasteiger partial charge on any atom is -0.336 e. The van der Waals surface area contributed by atoms with Crippen LogP contribution < -0.4 is 9.62 Å². The van der Waals surface area contributed by atoms with Crippen LogP contribution in [-0.4, -0.2) is 85.6 Å². The standard InChI is InChI=1S/C26H32ClN7O3S/c1-18-7-8-20(25(35)34-14-12-32(2)13-15-34)16-23(18)31-26-29-17-21(27)22(30-26)10-9-19-6-5-11-28-24(19)33(3)38(4,36)37/h5-8,11,16-17H,9-10,12-15H2,1-4H3,(H,29,30,31). The number of nitrogens with one attached hydrogen (secondary N) is 1. The molecule has 0 aliphatic carbocycles. The van der Waals surface area contributed by atoms with Gasteiger partial charge in [-0.1, -0.05) is 23.7 Å². The van der Waals surface area contributed by atoms with Crippen molar-refractivity contribution in [2.24, 2.45) is 0 Å². The topological polar surface area (TPSA) is 112 Å². The first-order chi connectivity index (χ1) is 18.0. The van der Waals surface area contributed by atoms with E-state index in [1.165, 1.54) is 13.2 Å². The molecule has 0 bridgehead atoms. The lowest BCUT2D eigenvalue weighted by atomic mass is 10.1. The zero-order valence-corrected chi connectivity index (χ0v) is 23.6. The lowest BCUT2D eigenvalue weighted by Crippen LogP contribution is -2.47. The summed E-state index contributed by atoms with van der Waals surface area (Å²) >= 11 is 6.41. The summed E-state index contributed by atoms with van der Waals surface area (Å²) in [6.07, 6.45) is 5.17. The van der Waals surface area contributed by atoms with E-state index >= 15 is 0 Å². The molecule has 4 rings (SSSR count). The fourth-order valence-corrected chi connectivity index (χ4v) is 4.82. The summed E-state index contributed by atoms with van der Waals surface area (Å²) in [5, 5.41) is 3.64. The van der Waals surface area contributed by atoms with Crippen LogP contribution in [0.15, 0.2) is 42.7 Å². The lowest BCUT2D eigenvalue weighted by molar-refractivity contribution is 0.0664. The molecule has 12 heteroatoms. The van der Waals surface area contributed by atoms with Gasteiger partial charge in [-0.05, 0) is 56.1 Å². The molecule has 1 aliphatic rings. The highest BCUT2D eigenvalue weighted by Gasteiger charge is 2.21. The van der Waals surface area contributed by atoms with Gasteiger partial charge in [0.05, 0.1) is 23.2 Å². The Morgan fingerprint density at radius 3 is 2.58 bits per heavy atom. The third-order valence-electron chi connectivity index (χ3n) is 6.63. The van der Waals surface area contributed by atoms with Gasteiger partial charge in [0.25, 0.3) is 5.91 Å². The summed E-state index contributed by atoms with van der Waals surface area (Å²) < 4.78 is 25.2. The molecule has 1 N–H and O–H groups in total. The zero-order chi connectivity index (χ0) is 27.4. The van der Waals surface area contributed by atoms with E-state index in [1.54, 1.807) is 12.3 Å². The van der Waals surface area contributed by atoms with Gasteiger partial charge in [0.1, 0.15) is 5.82 Å². The van der Waals surface area contributed by atoms with Crippen LogP contribution in [0.1, 0.15) is 27.2 Å². The highest BCUT2D eigenvalue weighted by molar-refractivity contribution is 7.92. The number of aromatic nitrogens is 3. The van der Waals surface area contributed by atoms with Crippen molar-refractivity contribution in [1.29, 1.82) is 0 Å². The molecule has 1 aromatic carbocycles. The van der Waals surface area contributed by atoms with E-state index in [0.717, 1.165) is 40.5 Å². The molecule has 38 heavy (non-hydrogen) atoms. The number of nitrogens with zero attached hydrogens (tertiary/aromatic N) is 6. The highest BCUT2D eigenvalue weighted by Crippen LogP contribution is 2.25. The van der Waals surface area contributed by atoms with Crippen LogP contribution in [0.2, 0.25) is 5.02 Å². The van der Waals surface area contributed by atoms with E-state index in [9.17, 15) is 13.2 Å². The van der Waals surface area contributed by atoms with Crippen molar-refractivity contribution in [3.05, 3.63) is 70.1 Å². The van der Waals surface area contributed by atoms with E-state index < -0.39 is 10.0 Å². The molecule has 10 nitrogen and oxygen atoms in total. The van der Waals surface area contributed by atoms with Crippen molar-refractivity contribution in [1.82, 2.24) is 24.8 Å². The number of rotatable bonds is 8. The molecule has 0 unspecified atom stereocenters. The van der Waals surface area contributed by atoms with E-state index in [2.05, 4.69) is 32.2 Å². The van der Waals surface area contributed by atoms with Crippen molar-refractivity contribution in [2.75, 3.05) is 56.2 Å². The van der Waals surface area contributed by atoms with Crippen molar-refractivity contribution in [3.8, 4) is 0 Å². The molecule has 3 heterocycles. The van der Waals surface area contributed by atoms with E-state index in [4.69, 9.17) is 11.6 Å². The number of amides is 1. The van der Waals surface area contributed by atoms with Crippen LogP contribution in [0.25, 0.3) is 0 Å². The second kappa shape index (κ2) is 11.6. The van der Waals surface area contributed by atoms with Crippen LogP contribution in [0.4, 0.5) is 17.5 Å². The number of anilines is 3. The average molecular weight is 558 g/mol. The normalized spacial score (nSPS) is 14.4. The number of hydrogen-bond donors (Lipinski definition) is 1. The number of likely N-dealkylation sites (N-methyl/N-ethyl adjacent to an activating group) is 1. The van der Waals surface area contributed by atoms with Gasteiger partial charge < -0.3 is 15.1 Å². The molecule has 2 aromatic heterocycles. The summed E-state index contributed by atoms with van der Waals surface area (Å²) in [7, 11) is 0.0789. The maximum absolute atomic E-state index is 13.1. The molecule has 1 amide bonds. The van der Waals surface area contributed by atoms with E-state index in [-0.39, 0.29) is 5.91 Å². The Morgan fingerprint density at radius 1 is 1.13 bits per heavy atom.